The molecule has 2 rings (SSSR count). The fraction of sp³-hybridized carbons (Fsp3) is 0.600. The molecule has 1 saturated heterocycles. The molecule has 1 aromatic rings. The zero-order valence-electron chi connectivity index (χ0n) is 11.8. The van der Waals surface area contributed by atoms with Crippen LogP contribution in [-0.4, -0.2) is 43.7 Å². The van der Waals surface area contributed by atoms with Gasteiger partial charge in [-0.2, -0.15) is 0 Å². The largest absolute Gasteiger partial charge is 0.364 e. The molecule has 1 aromatic carbocycles. The van der Waals surface area contributed by atoms with E-state index in [0.717, 1.165) is 26.1 Å². The fourth-order valence-electron chi connectivity index (χ4n) is 2.77. The molecule has 18 heavy (non-hydrogen) atoms. The Hall–Kier alpha value is -1.06. The van der Waals surface area contributed by atoms with Crippen LogP contribution in [0.25, 0.3) is 0 Å². The first-order valence-corrected chi connectivity index (χ1v) is 6.92. The molecule has 100 valence electrons. The van der Waals surface area contributed by atoms with Crippen molar-refractivity contribution in [2.24, 2.45) is 5.73 Å². The van der Waals surface area contributed by atoms with Crippen LogP contribution in [0.1, 0.15) is 19.4 Å². The van der Waals surface area contributed by atoms with Crippen LogP contribution in [0.15, 0.2) is 24.3 Å². The van der Waals surface area contributed by atoms with Gasteiger partial charge in [0.25, 0.3) is 0 Å². The van der Waals surface area contributed by atoms with E-state index in [1.807, 2.05) is 0 Å². The molecular formula is C15H25N3. The summed E-state index contributed by atoms with van der Waals surface area (Å²) < 4.78 is 0. The van der Waals surface area contributed by atoms with E-state index in [2.05, 4.69) is 55.0 Å². The number of aryl methyl sites for hydroxylation is 1. The van der Waals surface area contributed by atoms with E-state index >= 15 is 0 Å². The average Bonchev–Trinajstić information content (AvgIpc) is 2.41. The maximum Gasteiger partial charge on any atom is 0.0540 e. The number of nitrogens with zero attached hydrogens (tertiary/aromatic N) is 2. The quantitative estimate of drug-likeness (QED) is 0.882. The van der Waals surface area contributed by atoms with Crippen molar-refractivity contribution in [3.8, 4) is 0 Å². The molecule has 0 saturated carbocycles. The standard InChI is InChI=1S/C15H25N3/c1-4-13-7-5-6-8-15(13)18-10-12(2)17(3)11-14(18)9-16/h5-8,12,14H,4,9-11,16H2,1-3H3. The molecule has 3 nitrogen and oxygen atoms in total. The zero-order valence-corrected chi connectivity index (χ0v) is 11.8. The van der Waals surface area contributed by atoms with E-state index in [1.54, 1.807) is 0 Å². The number of hydrogen-bond acceptors (Lipinski definition) is 3. The van der Waals surface area contributed by atoms with Crippen LogP contribution in [0, 0.1) is 0 Å². The van der Waals surface area contributed by atoms with Gasteiger partial charge in [0, 0.05) is 31.4 Å². The lowest BCUT2D eigenvalue weighted by Crippen LogP contribution is -2.58. The maximum absolute atomic E-state index is 5.96. The van der Waals surface area contributed by atoms with Gasteiger partial charge in [-0.05, 0) is 32.0 Å². The summed E-state index contributed by atoms with van der Waals surface area (Å²) in [7, 11) is 2.19. The van der Waals surface area contributed by atoms with Crippen LogP contribution in [0.4, 0.5) is 5.69 Å². The first-order chi connectivity index (χ1) is 8.67. The summed E-state index contributed by atoms with van der Waals surface area (Å²) in [6.45, 7) is 7.34. The third-order valence-electron chi connectivity index (χ3n) is 4.11. The summed E-state index contributed by atoms with van der Waals surface area (Å²) in [5.74, 6) is 0. The summed E-state index contributed by atoms with van der Waals surface area (Å²) in [6.07, 6.45) is 1.08. The number of para-hydroxylation sites is 1. The van der Waals surface area contributed by atoms with E-state index < -0.39 is 0 Å². The molecular weight excluding hydrogens is 222 g/mol. The first kappa shape index (κ1) is 13.4. The molecule has 0 bridgehead atoms. The van der Waals surface area contributed by atoms with Gasteiger partial charge in [0.1, 0.15) is 0 Å². The van der Waals surface area contributed by atoms with Gasteiger partial charge in [0.2, 0.25) is 0 Å². The number of rotatable bonds is 3. The first-order valence-electron chi connectivity index (χ1n) is 6.92. The number of nitrogens with two attached hydrogens (primary N) is 1. The molecule has 0 radical (unpaired) electrons. The molecule has 1 fully saturated rings. The van der Waals surface area contributed by atoms with E-state index in [4.69, 9.17) is 5.73 Å². The smallest absolute Gasteiger partial charge is 0.0540 e. The van der Waals surface area contributed by atoms with Gasteiger partial charge >= 0.3 is 0 Å². The highest BCUT2D eigenvalue weighted by Gasteiger charge is 2.29. The van der Waals surface area contributed by atoms with Crippen LogP contribution >= 0.6 is 0 Å². The van der Waals surface area contributed by atoms with Crippen LogP contribution in [0.3, 0.4) is 0 Å². The van der Waals surface area contributed by atoms with Crippen molar-refractivity contribution in [3.05, 3.63) is 29.8 Å². The molecule has 1 aliphatic rings. The topological polar surface area (TPSA) is 32.5 Å². The lowest BCUT2D eigenvalue weighted by molar-refractivity contribution is 0.201. The van der Waals surface area contributed by atoms with Crippen molar-refractivity contribution in [1.29, 1.82) is 0 Å². The van der Waals surface area contributed by atoms with E-state index in [-0.39, 0.29) is 0 Å². The van der Waals surface area contributed by atoms with Crippen molar-refractivity contribution in [2.75, 3.05) is 31.6 Å². The highest BCUT2D eigenvalue weighted by Crippen LogP contribution is 2.26. The van der Waals surface area contributed by atoms with Crippen molar-refractivity contribution >= 4 is 5.69 Å². The van der Waals surface area contributed by atoms with E-state index in [9.17, 15) is 0 Å². The summed E-state index contributed by atoms with van der Waals surface area (Å²) in [5, 5.41) is 0. The Morgan fingerprint density at radius 1 is 1.28 bits per heavy atom. The molecule has 2 atom stereocenters. The number of piperazine rings is 1. The second kappa shape index (κ2) is 5.72. The Balaban J connectivity index is 2.29. The minimum absolute atomic E-state index is 0.430. The Labute approximate surface area is 111 Å². The second-order valence-corrected chi connectivity index (χ2v) is 5.31. The second-order valence-electron chi connectivity index (χ2n) is 5.31. The lowest BCUT2D eigenvalue weighted by atomic mass is 10.0. The van der Waals surface area contributed by atoms with Gasteiger partial charge in [-0.15, -0.1) is 0 Å². The van der Waals surface area contributed by atoms with E-state index in [0.29, 0.717) is 12.1 Å². The molecule has 0 aromatic heterocycles. The van der Waals surface area contributed by atoms with Crippen molar-refractivity contribution in [2.45, 2.75) is 32.4 Å². The summed E-state index contributed by atoms with van der Waals surface area (Å²) >= 11 is 0. The minimum Gasteiger partial charge on any atom is -0.364 e. The highest BCUT2D eigenvalue weighted by atomic mass is 15.3. The van der Waals surface area contributed by atoms with E-state index in [1.165, 1.54) is 11.3 Å². The normalized spacial score (nSPS) is 25.4. The van der Waals surface area contributed by atoms with Gasteiger partial charge in [0.15, 0.2) is 0 Å². The number of likely N-dealkylation sites (N-methyl/N-ethyl adjacent to an activating group) is 1. The Bertz CT molecular complexity index is 391. The molecule has 1 aliphatic heterocycles. The summed E-state index contributed by atoms with van der Waals surface area (Å²) in [5.41, 5.74) is 8.76. The molecule has 1 heterocycles. The van der Waals surface area contributed by atoms with Gasteiger partial charge < -0.3 is 10.6 Å². The number of hydrogen-bond donors (Lipinski definition) is 1. The average molecular weight is 247 g/mol. The summed E-state index contributed by atoms with van der Waals surface area (Å²) in [4.78, 5) is 4.91. The molecule has 3 heteroatoms. The van der Waals surface area contributed by atoms with Crippen molar-refractivity contribution in [1.82, 2.24) is 4.90 Å². The predicted molar refractivity (Wildman–Crippen MR) is 78.1 cm³/mol. The third kappa shape index (κ3) is 2.52. The molecule has 0 spiro atoms. The van der Waals surface area contributed by atoms with Gasteiger partial charge in [-0.3, -0.25) is 4.90 Å². The maximum atomic E-state index is 5.96. The van der Waals surface area contributed by atoms with Crippen LogP contribution < -0.4 is 10.6 Å². The monoisotopic (exact) mass is 247 g/mol. The van der Waals surface area contributed by atoms with Crippen LogP contribution in [-0.2, 0) is 6.42 Å². The molecule has 2 N–H and O–H groups in total. The lowest BCUT2D eigenvalue weighted by Gasteiger charge is -2.45. The van der Waals surface area contributed by atoms with Gasteiger partial charge in [0.05, 0.1) is 6.04 Å². The SMILES string of the molecule is CCc1ccccc1N1CC(C)N(C)CC1CN. The third-order valence-corrected chi connectivity index (χ3v) is 4.11. The van der Waals surface area contributed by atoms with Crippen molar-refractivity contribution < 1.29 is 0 Å². The number of anilines is 1. The molecule has 0 aliphatic carbocycles. The van der Waals surface area contributed by atoms with Crippen molar-refractivity contribution in [3.63, 3.8) is 0 Å². The van der Waals surface area contributed by atoms with Crippen LogP contribution in [0.2, 0.25) is 0 Å². The molecule has 0 amide bonds. The number of benzene rings is 1. The van der Waals surface area contributed by atoms with Crippen LogP contribution in [0.5, 0.6) is 0 Å². The Morgan fingerprint density at radius 3 is 2.67 bits per heavy atom. The minimum atomic E-state index is 0.430. The predicted octanol–water partition coefficient (Wildman–Crippen LogP) is 1.72. The highest BCUT2D eigenvalue weighted by molar-refractivity contribution is 5.55. The Morgan fingerprint density at radius 2 is 2.00 bits per heavy atom. The zero-order chi connectivity index (χ0) is 13.1. The molecule has 2 unspecified atom stereocenters. The van der Waals surface area contributed by atoms with Gasteiger partial charge in [-0.1, -0.05) is 25.1 Å². The fourth-order valence-corrected chi connectivity index (χ4v) is 2.77. The van der Waals surface area contributed by atoms with Gasteiger partial charge in [-0.25, -0.2) is 0 Å². The Kier molecular flexibility index (Phi) is 4.25. The summed E-state index contributed by atoms with van der Waals surface area (Å²) in [6, 6.07) is 9.73.